The van der Waals surface area contributed by atoms with Crippen LogP contribution in [0.25, 0.3) is 22.2 Å². The molecule has 1 aliphatic rings. The molecule has 4 aromatic rings. The summed E-state index contributed by atoms with van der Waals surface area (Å²) in [6, 6.07) is 11.5. The number of halogens is 2. The number of carbonyl (C=O) groups excluding carboxylic acids is 1. The molecule has 0 aliphatic carbocycles. The first-order valence-electron chi connectivity index (χ1n) is 11.9. The van der Waals surface area contributed by atoms with Crippen molar-refractivity contribution in [3.05, 3.63) is 63.7 Å². The van der Waals surface area contributed by atoms with Gasteiger partial charge in [-0.1, -0.05) is 48.3 Å². The number of aryl methyl sites for hydroxylation is 2. The molecule has 2 aromatic carbocycles. The van der Waals surface area contributed by atoms with Gasteiger partial charge in [-0.2, -0.15) is 0 Å². The Balaban J connectivity index is 1.66. The molecule has 1 aliphatic heterocycles. The van der Waals surface area contributed by atoms with Gasteiger partial charge in [0.1, 0.15) is 11.6 Å². The van der Waals surface area contributed by atoms with Gasteiger partial charge in [0.15, 0.2) is 0 Å². The average Bonchev–Trinajstić information content (AvgIpc) is 3.34. The zero-order chi connectivity index (χ0) is 24.9. The highest BCUT2D eigenvalue weighted by Gasteiger charge is 2.34. The van der Waals surface area contributed by atoms with Crippen LogP contribution in [0.2, 0.25) is 10.0 Å². The Kier molecular flexibility index (Phi) is 6.36. The van der Waals surface area contributed by atoms with Gasteiger partial charge in [-0.25, -0.2) is 4.98 Å². The van der Waals surface area contributed by atoms with Gasteiger partial charge in [0.2, 0.25) is 5.91 Å². The maximum atomic E-state index is 13.2. The lowest BCUT2D eigenvalue weighted by molar-refractivity contribution is -0.120. The van der Waals surface area contributed by atoms with Gasteiger partial charge in [0, 0.05) is 24.2 Å². The Bertz CT molecular complexity index is 1400. The van der Waals surface area contributed by atoms with Crippen LogP contribution < -0.4 is 4.90 Å². The molecule has 2 aromatic heterocycles. The van der Waals surface area contributed by atoms with E-state index in [0.717, 1.165) is 64.5 Å². The summed E-state index contributed by atoms with van der Waals surface area (Å²) in [5.41, 5.74) is 5.57. The Morgan fingerprint density at radius 2 is 1.91 bits per heavy atom. The van der Waals surface area contributed by atoms with Gasteiger partial charge in [-0.15, -0.1) is 0 Å². The molecule has 0 saturated carbocycles. The summed E-state index contributed by atoms with van der Waals surface area (Å²) >= 11 is 12.5. The summed E-state index contributed by atoms with van der Waals surface area (Å²) in [5.74, 6) is 2.15. The zero-order valence-electron chi connectivity index (χ0n) is 20.3. The van der Waals surface area contributed by atoms with Crippen molar-refractivity contribution in [1.82, 2.24) is 14.7 Å². The molecule has 3 heterocycles. The third-order valence-electron chi connectivity index (χ3n) is 6.58. The van der Waals surface area contributed by atoms with E-state index in [-0.39, 0.29) is 11.9 Å². The second-order valence-electron chi connectivity index (χ2n) is 9.65. The van der Waals surface area contributed by atoms with Gasteiger partial charge in [0.25, 0.3) is 0 Å². The van der Waals surface area contributed by atoms with Crippen molar-refractivity contribution in [2.75, 3.05) is 4.90 Å². The number of fused-ring (bicyclic) bond motifs is 1. The SMILES string of the molecule is Cc1noc(C)c1-c1ccc2c(c1)nc([C@@H]1CCCC(=O)N1c1ccc(Cl)c(Cl)c1)n2CC(C)C. The summed E-state index contributed by atoms with van der Waals surface area (Å²) in [4.78, 5) is 20.2. The lowest BCUT2D eigenvalue weighted by Gasteiger charge is -2.36. The summed E-state index contributed by atoms with van der Waals surface area (Å²) in [6.07, 6.45) is 2.14. The highest BCUT2D eigenvalue weighted by atomic mass is 35.5. The predicted octanol–water partition coefficient (Wildman–Crippen LogP) is 7.53. The monoisotopic (exact) mass is 510 g/mol. The number of nitrogens with zero attached hydrogens (tertiary/aromatic N) is 4. The molecule has 1 amide bonds. The predicted molar refractivity (Wildman–Crippen MR) is 140 cm³/mol. The number of anilines is 1. The minimum absolute atomic E-state index is 0.0687. The molecule has 8 heteroatoms. The first kappa shape index (κ1) is 23.9. The highest BCUT2D eigenvalue weighted by Crippen LogP contribution is 2.39. The van der Waals surface area contributed by atoms with Crippen molar-refractivity contribution in [3.63, 3.8) is 0 Å². The molecule has 6 nitrogen and oxygen atoms in total. The van der Waals surface area contributed by atoms with Crippen LogP contribution >= 0.6 is 23.2 Å². The quantitative estimate of drug-likeness (QED) is 0.278. The topological polar surface area (TPSA) is 64.2 Å². The number of imidazole rings is 1. The van der Waals surface area contributed by atoms with Crippen molar-refractivity contribution in [1.29, 1.82) is 0 Å². The molecular formula is C27H28Cl2N4O2. The van der Waals surface area contributed by atoms with E-state index in [9.17, 15) is 4.79 Å². The van der Waals surface area contributed by atoms with Crippen LogP contribution in [0.15, 0.2) is 40.9 Å². The van der Waals surface area contributed by atoms with E-state index >= 15 is 0 Å². The molecule has 0 unspecified atom stereocenters. The Hall–Kier alpha value is -2.83. The molecule has 1 fully saturated rings. The first-order valence-corrected chi connectivity index (χ1v) is 12.7. The van der Waals surface area contributed by atoms with E-state index in [4.69, 9.17) is 32.7 Å². The molecule has 1 atom stereocenters. The summed E-state index contributed by atoms with van der Waals surface area (Å²) in [6.45, 7) is 9.05. The van der Waals surface area contributed by atoms with Crippen molar-refractivity contribution in [2.45, 2.75) is 59.5 Å². The van der Waals surface area contributed by atoms with E-state index in [1.54, 1.807) is 12.1 Å². The minimum atomic E-state index is -0.192. The number of hydrogen-bond acceptors (Lipinski definition) is 4. The summed E-state index contributed by atoms with van der Waals surface area (Å²) in [7, 11) is 0. The van der Waals surface area contributed by atoms with E-state index in [2.05, 4.69) is 41.8 Å². The van der Waals surface area contributed by atoms with Crippen molar-refractivity contribution < 1.29 is 9.32 Å². The number of hydrogen-bond donors (Lipinski definition) is 0. The maximum Gasteiger partial charge on any atom is 0.227 e. The van der Waals surface area contributed by atoms with Crippen molar-refractivity contribution in [2.24, 2.45) is 5.92 Å². The number of aromatic nitrogens is 3. The molecule has 0 radical (unpaired) electrons. The lowest BCUT2D eigenvalue weighted by Crippen LogP contribution is -2.39. The molecular weight excluding hydrogens is 483 g/mol. The maximum absolute atomic E-state index is 13.2. The normalized spacial score (nSPS) is 16.6. The smallest absolute Gasteiger partial charge is 0.227 e. The summed E-state index contributed by atoms with van der Waals surface area (Å²) < 4.78 is 7.66. The second-order valence-corrected chi connectivity index (χ2v) is 10.5. The lowest BCUT2D eigenvalue weighted by atomic mass is 9.99. The van der Waals surface area contributed by atoms with Gasteiger partial charge < -0.3 is 14.0 Å². The Morgan fingerprint density at radius 1 is 1.11 bits per heavy atom. The molecule has 182 valence electrons. The second kappa shape index (κ2) is 9.32. The van der Waals surface area contributed by atoms with Crippen molar-refractivity contribution >= 4 is 45.8 Å². The largest absolute Gasteiger partial charge is 0.361 e. The van der Waals surface area contributed by atoms with E-state index in [1.807, 2.05) is 24.8 Å². The van der Waals surface area contributed by atoms with Crippen molar-refractivity contribution in [3.8, 4) is 11.1 Å². The molecule has 5 rings (SSSR count). The van der Waals surface area contributed by atoms with E-state index < -0.39 is 0 Å². The van der Waals surface area contributed by atoms with Crippen LogP contribution in [0.1, 0.15) is 56.4 Å². The standard InChI is InChI=1S/C27H28Cl2N4O2/c1-15(2)14-32-23-11-8-18(26-16(3)31-35-17(26)4)12-22(23)30-27(32)24-6-5-7-25(34)33(24)19-9-10-20(28)21(29)13-19/h8-13,15,24H,5-7,14H2,1-4H3/t24-/m0/s1. The van der Waals surface area contributed by atoms with Crippen LogP contribution in [0.5, 0.6) is 0 Å². The molecule has 0 N–H and O–H groups in total. The Morgan fingerprint density at radius 3 is 2.60 bits per heavy atom. The van der Waals surface area contributed by atoms with E-state index in [0.29, 0.717) is 22.4 Å². The van der Waals surface area contributed by atoms with Crippen LogP contribution in [0.4, 0.5) is 5.69 Å². The van der Waals surface area contributed by atoms with Crippen LogP contribution in [0.3, 0.4) is 0 Å². The van der Waals surface area contributed by atoms with Crippen LogP contribution in [-0.4, -0.2) is 20.6 Å². The number of amides is 1. The van der Waals surface area contributed by atoms with Gasteiger partial charge in [0.05, 0.1) is 32.8 Å². The minimum Gasteiger partial charge on any atom is -0.361 e. The number of carbonyl (C=O) groups is 1. The highest BCUT2D eigenvalue weighted by molar-refractivity contribution is 6.42. The first-order chi connectivity index (χ1) is 16.7. The fourth-order valence-electron chi connectivity index (χ4n) is 5.08. The fraction of sp³-hybridized carbons (Fsp3) is 0.370. The van der Waals surface area contributed by atoms with Crippen LogP contribution in [0, 0.1) is 19.8 Å². The average molecular weight is 511 g/mol. The van der Waals surface area contributed by atoms with E-state index in [1.165, 1.54) is 0 Å². The third kappa shape index (κ3) is 4.34. The molecule has 0 spiro atoms. The molecule has 35 heavy (non-hydrogen) atoms. The molecule has 1 saturated heterocycles. The molecule has 0 bridgehead atoms. The number of piperidine rings is 1. The van der Waals surface area contributed by atoms with Crippen LogP contribution in [-0.2, 0) is 11.3 Å². The Labute approximate surface area is 214 Å². The number of rotatable bonds is 5. The fourth-order valence-corrected chi connectivity index (χ4v) is 5.38. The van der Waals surface area contributed by atoms with Gasteiger partial charge in [-0.3, -0.25) is 4.79 Å². The van der Waals surface area contributed by atoms with Gasteiger partial charge in [-0.05, 0) is 68.5 Å². The van der Waals surface area contributed by atoms with Gasteiger partial charge >= 0.3 is 0 Å². The zero-order valence-corrected chi connectivity index (χ0v) is 21.8. The number of benzene rings is 2. The summed E-state index contributed by atoms with van der Waals surface area (Å²) in [5, 5.41) is 5.01. The third-order valence-corrected chi connectivity index (χ3v) is 7.31.